The number of aliphatic carboxylic acids is 1. The molecule has 1 aromatic carbocycles. The van der Waals surface area contributed by atoms with E-state index in [4.69, 9.17) is 0 Å². The molecule has 0 fully saturated rings. The third kappa shape index (κ3) is 2.34. The second kappa shape index (κ2) is 4.91. The molecule has 0 aliphatic carbocycles. The van der Waals surface area contributed by atoms with Gasteiger partial charge in [-0.25, -0.2) is 9.07 Å². The van der Waals surface area contributed by atoms with E-state index < -0.39 is 17.7 Å². The predicted molar refractivity (Wildman–Crippen MR) is 59.3 cm³/mol. The van der Waals surface area contributed by atoms with E-state index >= 15 is 0 Å². The monoisotopic (exact) mass is 250 g/mol. The van der Waals surface area contributed by atoms with E-state index in [1.807, 2.05) is 0 Å². The predicted octanol–water partition coefficient (Wildman–Crippen LogP) is 0.760. The van der Waals surface area contributed by atoms with Crippen LogP contribution in [0.2, 0.25) is 0 Å². The number of carbonyl (C=O) groups is 1. The molecule has 0 saturated heterocycles. The summed E-state index contributed by atoms with van der Waals surface area (Å²) >= 11 is 0. The van der Waals surface area contributed by atoms with Crippen molar-refractivity contribution in [2.24, 2.45) is 7.05 Å². The number of tetrazole rings is 1. The van der Waals surface area contributed by atoms with Crippen molar-refractivity contribution >= 4 is 5.97 Å². The molecule has 0 aliphatic heterocycles. The minimum atomic E-state index is -1.09. The van der Waals surface area contributed by atoms with Crippen LogP contribution in [0.4, 0.5) is 4.39 Å². The highest BCUT2D eigenvalue weighted by molar-refractivity contribution is 5.75. The number of nitrogens with zero attached hydrogens (tertiary/aromatic N) is 4. The van der Waals surface area contributed by atoms with Crippen molar-refractivity contribution < 1.29 is 14.3 Å². The van der Waals surface area contributed by atoms with Gasteiger partial charge in [0.1, 0.15) is 11.7 Å². The summed E-state index contributed by atoms with van der Waals surface area (Å²) in [7, 11) is 1.55. The lowest BCUT2D eigenvalue weighted by Gasteiger charge is -2.11. The smallest absolute Gasteiger partial charge is 0.314 e. The fourth-order valence-electron chi connectivity index (χ4n) is 1.70. The molecule has 1 N–H and O–H groups in total. The summed E-state index contributed by atoms with van der Waals surface area (Å²) in [5.74, 6) is -2.29. The maximum atomic E-state index is 13.5. The van der Waals surface area contributed by atoms with Crippen molar-refractivity contribution in [3.05, 3.63) is 41.5 Å². The number of benzene rings is 1. The first kappa shape index (κ1) is 12.2. The lowest BCUT2D eigenvalue weighted by atomic mass is 9.98. The Morgan fingerprint density at radius 1 is 1.50 bits per heavy atom. The molecule has 1 unspecified atom stereocenters. The van der Waals surface area contributed by atoms with Gasteiger partial charge in [0, 0.05) is 7.05 Å². The lowest BCUT2D eigenvalue weighted by molar-refractivity contribution is -0.139. The van der Waals surface area contributed by atoms with E-state index in [0.717, 1.165) is 0 Å². The Bertz CT molecular complexity index is 570. The molecule has 0 spiro atoms. The van der Waals surface area contributed by atoms with Gasteiger partial charge in [0.15, 0.2) is 5.82 Å². The van der Waals surface area contributed by atoms with Crippen LogP contribution < -0.4 is 0 Å². The Labute approximate surface area is 102 Å². The Balaban J connectivity index is 2.31. The van der Waals surface area contributed by atoms with Gasteiger partial charge in [-0.15, -0.1) is 5.10 Å². The molecule has 0 aliphatic rings. The van der Waals surface area contributed by atoms with Gasteiger partial charge >= 0.3 is 5.97 Å². The van der Waals surface area contributed by atoms with Crippen molar-refractivity contribution in [3.8, 4) is 0 Å². The first-order chi connectivity index (χ1) is 8.59. The van der Waals surface area contributed by atoms with Crippen LogP contribution in [0.5, 0.6) is 0 Å². The highest BCUT2D eigenvalue weighted by atomic mass is 19.1. The Kier molecular flexibility index (Phi) is 3.31. The third-order valence-electron chi connectivity index (χ3n) is 2.64. The standard InChI is InChI=1S/C11H11FN4O2/c1-16-10(13-14-15-16)8(11(17)18)6-7-4-2-3-5-9(7)12/h2-5,8H,6H2,1H3,(H,17,18). The lowest BCUT2D eigenvalue weighted by Crippen LogP contribution is -2.19. The summed E-state index contributed by atoms with van der Waals surface area (Å²) in [6.07, 6.45) is 0.0101. The largest absolute Gasteiger partial charge is 0.481 e. The SMILES string of the molecule is Cn1nnnc1C(Cc1ccccc1F)C(=O)O. The highest BCUT2D eigenvalue weighted by Crippen LogP contribution is 2.20. The number of aromatic nitrogens is 4. The molecule has 0 bridgehead atoms. The van der Waals surface area contributed by atoms with E-state index in [2.05, 4.69) is 15.5 Å². The van der Waals surface area contributed by atoms with Crippen LogP contribution >= 0.6 is 0 Å². The third-order valence-corrected chi connectivity index (χ3v) is 2.64. The van der Waals surface area contributed by atoms with E-state index in [0.29, 0.717) is 5.56 Å². The van der Waals surface area contributed by atoms with Crippen molar-refractivity contribution in [3.63, 3.8) is 0 Å². The van der Waals surface area contributed by atoms with Crippen LogP contribution in [0.3, 0.4) is 0 Å². The van der Waals surface area contributed by atoms with Gasteiger partial charge in [0.25, 0.3) is 0 Å². The topological polar surface area (TPSA) is 80.9 Å². The quantitative estimate of drug-likeness (QED) is 0.866. The number of carboxylic acid groups (broad SMARTS) is 1. The fraction of sp³-hybridized carbons (Fsp3) is 0.273. The summed E-state index contributed by atoms with van der Waals surface area (Å²) in [6, 6.07) is 6.06. The summed E-state index contributed by atoms with van der Waals surface area (Å²) in [5.41, 5.74) is 0.327. The van der Waals surface area contributed by atoms with Crippen molar-refractivity contribution in [1.29, 1.82) is 0 Å². The first-order valence-corrected chi connectivity index (χ1v) is 5.28. The van der Waals surface area contributed by atoms with Gasteiger partial charge in [0.2, 0.25) is 0 Å². The van der Waals surface area contributed by atoms with Crippen LogP contribution in [0.15, 0.2) is 24.3 Å². The molecule has 1 aromatic heterocycles. The van der Waals surface area contributed by atoms with E-state index in [1.165, 1.54) is 10.7 Å². The van der Waals surface area contributed by atoms with Crippen LogP contribution in [0, 0.1) is 5.82 Å². The van der Waals surface area contributed by atoms with Gasteiger partial charge in [0.05, 0.1) is 0 Å². The maximum Gasteiger partial charge on any atom is 0.314 e. The molecule has 18 heavy (non-hydrogen) atoms. The Hall–Kier alpha value is -2.31. The summed E-state index contributed by atoms with van der Waals surface area (Å²) in [4.78, 5) is 11.2. The zero-order valence-electron chi connectivity index (χ0n) is 9.62. The van der Waals surface area contributed by atoms with Crippen molar-refractivity contribution in [1.82, 2.24) is 20.2 Å². The highest BCUT2D eigenvalue weighted by Gasteiger charge is 2.26. The maximum absolute atomic E-state index is 13.5. The number of halogens is 1. The molecular weight excluding hydrogens is 239 g/mol. The summed E-state index contributed by atoms with van der Waals surface area (Å²) in [6.45, 7) is 0. The van der Waals surface area contributed by atoms with Crippen molar-refractivity contribution in [2.75, 3.05) is 0 Å². The van der Waals surface area contributed by atoms with Crippen LogP contribution in [0.25, 0.3) is 0 Å². The molecule has 2 aromatic rings. The van der Waals surface area contributed by atoms with Crippen LogP contribution in [0.1, 0.15) is 17.3 Å². The van der Waals surface area contributed by atoms with E-state index in [9.17, 15) is 14.3 Å². The molecule has 1 heterocycles. The van der Waals surface area contributed by atoms with Gasteiger partial charge in [-0.05, 0) is 28.5 Å². The van der Waals surface area contributed by atoms with Gasteiger partial charge in [-0.2, -0.15) is 0 Å². The van der Waals surface area contributed by atoms with Gasteiger partial charge in [-0.1, -0.05) is 18.2 Å². The van der Waals surface area contributed by atoms with Crippen LogP contribution in [-0.2, 0) is 18.3 Å². The Morgan fingerprint density at radius 3 is 2.78 bits per heavy atom. The van der Waals surface area contributed by atoms with Crippen LogP contribution in [-0.4, -0.2) is 31.3 Å². The average molecular weight is 250 g/mol. The number of rotatable bonds is 4. The van der Waals surface area contributed by atoms with Gasteiger partial charge in [-0.3, -0.25) is 4.79 Å². The van der Waals surface area contributed by atoms with E-state index in [1.54, 1.807) is 25.2 Å². The fourth-order valence-corrected chi connectivity index (χ4v) is 1.70. The number of carboxylic acids is 1. The molecule has 6 nitrogen and oxygen atoms in total. The molecule has 1 atom stereocenters. The van der Waals surface area contributed by atoms with E-state index in [-0.39, 0.29) is 12.2 Å². The molecule has 0 saturated carbocycles. The van der Waals surface area contributed by atoms with Crippen molar-refractivity contribution in [2.45, 2.75) is 12.3 Å². The molecule has 2 rings (SSSR count). The number of aryl methyl sites for hydroxylation is 1. The molecule has 0 amide bonds. The normalized spacial score (nSPS) is 12.3. The number of hydrogen-bond acceptors (Lipinski definition) is 4. The zero-order chi connectivity index (χ0) is 13.1. The number of hydrogen-bond donors (Lipinski definition) is 1. The minimum Gasteiger partial charge on any atom is -0.481 e. The first-order valence-electron chi connectivity index (χ1n) is 5.28. The second-order valence-corrected chi connectivity index (χ2v) is 3.85. The summed E-state index contributed by atoms with van der Waals surface area (Å²) in [5, 5.41) is 19.8. The molecule has 7 heteroatoms. The summed E-state index contributed by atoms with van der Waals surface area (Å²) < 4.78 is 14.8. The minimum absolute atomic E-state index is 0.0101. The Morgan fingerprint density at radius 2 is 2.22 bits per heavy atom. The van der Waals surface area contributed by atoms with Gasteiger partial charge < -0.3 is 5.11 Å². The molecular formula is C11H11FN4O2. The zero-order valence-corrected chi connectivity index (χ0v) is 9.62. The second-order valence-electron chi connectivity index (χ2n) is 3.85. The molecule has 0 radical (unpaired) electrons. The average Bonchev–Trinajstić information content (AvgIpc) is 2.74. The molecule has 94 valence electrons.